The number of aryl methyl sites for hydroxylation is 1. The third-order valence-electron chi connectivity index (χ3n) is 7.37. The number of oxazole rings is 1. The zero-order chi connectivity index (χ0) is 28.6. The number of nitrogens with zero attached hydrogens (tertiary/aromatic N) is 3. The molecule has 0 bridgehead atoms. The molecule has 0 spiro atoms. The summed E-state index contributed by atoms with van der Waals surface area (Å²) in [5.41, 5.74) is -1.42. The summed E-state index contributed by atoms with van der Waals surface area (Å²) in [6, 6.07) is 7.27. The molecular weight excluding hydrogens is 538 g/mol. The predicted molar refractivity (Wildman–Crippen MR) is 148 cm³/mol. The number of carboxylic acid groups (broad SMARTS) is 1. The first kappa shape index (κ1) is 28.0. The minimum Gasteiger partial charge on any atom is -0.480 e. The van der Waals surface area contributed by atoms with Crippen molar-refractivity contribution in [3.05, 3.63) is 74.3 Å². The number of ether oxygens (including phenoxy) is 2. The van der Waals surface area contributed by atoms with Gasteiger partial charge in [0, 0.05) is 13.2 Å². The number of hydrogen-bond donors (Lipinski definition) is 2. The molecule has 4 heterocycles. The third kappa shape index (κ3) is 4.92. The van der Waals surface area contributed by atoms with Crippen LogP contribution in [-0.2, 0) is 33.0 Å². The highest BCUT2D eigenvalue weighted by molar-refractivity contribution is 7.22. The molecule has 1 fully saturated rings. The highest BCUT2D eigenvalue weighted by atomic mass is 32.1. The summed E-state index contributed by atoms with van der Waals surface area (Å²) in [6.45, 7) is 5.21. The number of carboxylic acids is 1. The number of thiophene rings is 1. The van der Waals surface area contributed by atoms with Crippen LogP contribution in [0.1, 0.15) is 49.5 Å². The van der Waals surface area contributed by atoms with Gasteiger partial charge in [0.25, 0.3) is 5.56 Å². The van der Waals surface area contributed by atoms with Gasteiger partial charge >= 0.3 is 11.7 Å². The van der Waals surface area contributed by atoms with Gasteiger partial charge < -0.3 is 24.1 Å². The Bertz CT molecular complexity index is 1640. The van der Waals surface area contributed by atoms with E-state index < -0.39 is 28.9 Å². The first-order valence-electron chi connectivity index (χ1n) is 13.0. The molecule has 3 aromatic heterocycles. The van der Waals surface area contributed by atoms with Crippen molar-refractivity contribution in [3.63, 3.8) is 0 Å². The van der Waals surface area contributed by atoms with Crippen molar-refractivity contribution >= 4 is 27.5 Å². The largest absolute Gasteiger partial charge is 0.480 e. The summed E-state index contributed by atoms with van der Waals surface area (Å²) in [6.07, 6.45) is 3.41. The molecule has 1 aliphatic rings. The second-order valence-electron chi connectivity index (χ2n) is 10.3. The monoisotopic (exact) mass is 569 g/mol. The maximum atomic E-state index is 14.1. The normalized spacial score (nSPS) is 15.5. The maximum Gasteiger partial charge on any atom is 0.333 e. The van der Waals surface area contributed by atoms with E-state index in [4.69, 9.17) is 13.9 Å². The van der Waals surface area contributed by atoms with Gasteiger partial charge in [-0.15, -0.1) is 11.3 Å². The molecule has 0 unspecified atom stereocenters. The van der Waals surface area contributed by atoms with E-state index in [-0.39, 0.29) is 24.6 Å². The van der Waals surface area contributed by atoms with Crippen molar-refractivity contribution in [2.24, 2.45) is 0 Å². The van der Waals surface area contributed by atoms with Crippen LogP contribution in [0.25, 0.3) is 21.0 Å². The number of aromatic nitrogens is 3. The lowest BCUT2D eigenvalue weighted by Gasteiger charge is -2.30. The Morgan fingerprint density at radius 2 is 1.98 bits per heavy atom. The van der Waals surface area contributed by atoms with Crippen molar-refractivity contribution in [3.8, 4) is 10.8 Å². The molecule has 0 saturated carbocycles. The average molecular weight is 570 g/mol. The fourth-order valence-corrected chi connectivity index (χ4v) is 6.29. The zero-order valence-corrected chi connectivity index (χ0v) is 23.3. The van der Waals surface area contributed by atoms with E-state index in [9.17, 15) is 24.6 Å². The Morgan fingerprint density at radius 1 is 1.25 bits per heavy atom. The number of aliphatic carboxylic acids is 1. The van der Waals surface area contributed by atoms with Gasteiger partial charge in [0.15, 0.2) is 0 Å². The van der Waals surface area contributed by atoms with Crippen LogP contribution in [0.4, 0.5) is 0 Å². The van der Waals surface area contributed by atoms with Crippen LogP contribution < -0.4 is 11.2 Å². The van der Waals surface area contributed by atoms with Crippen LogP contribution in [0.15, 0.2) is 50.7 Å². The quantitative estimate of drug-likeness (QED) is 0.309. The molecule has 12 heteroatoms. The number of benzene rings is 1. The molecule has 0 amide bonds. The summed E-state index contributed by atoms with van der Waals surface area (Å²) in [5.74, 6) is -1.03. The Balaban J connectivity index is 1.76. The molecule has 212 valence electrons. The maximum absolute atomic E-state index is 14.1. The molecule has 0 radical (unpaired) electrons. The number of aliphatic hydroxyl groups excluding tert-OH is 1. The number of rotatable bonds is 9. The second-order valence-corrected chi connectivity index (χ2v) is 11.3. The standard InChI is InChI=1S/C28H31N3O8S/c1-16-21-24(33)31(28(2,3)26(34)35)27(36)30(25(21)40-22(16)23-29-10-13-38-23)14-20(39-18-8-11-37-12-9-18)19-7-5-4-6-17(19)15-32/h4-7,10,13,18,20,32H,8-9,11-12,14-15H2,1-3H3,(H,34,35)/t20-/m0/s1. The highest BCUT2D eigenvalue weighted by Crippen LogP contribution is 2.37. The summed E-state index contributed by atoms with van der Waals surface area (Å²) in [4.78, 5) is 45.3. The zero-order valence-electron chi connectivity index (χ0n) is 22.5. The van der Waals surface area contributed by atoms with Gasteiger partial charge in [-0.3, -0.25) is 9.36 Å². The van der Waals surface area contributed by atoms with E-state index >= 15 is 0 Å². The van der Waals surface area contributed by atoms with Gasteiger partial charge in [0.05, 0.1) is 35.7 Å². The summed E-state index contributed by atoms with van der Waals surface area (Å²) < 4.78 is 19.7. The molecule has 5 rings (SSSR count). The van der Waals surface area contributed by atoms with Gasteiger partial charge in [0.1, 0.15) is 22.7 Å². The van der Waals surface area contributed by atoms with Gasteiger partial charge in [-0.25, -0.2) is 19.1 Å². The summed E-state index contributed by atoms with van der Waals surface area (Å²) in [7, 11) is 0. The Morgan fingerprint density at radius 3 is 2.62 bits per heavy atom. The Hall–Kier alpha value is -3.58. The van der Waals surface area contributed by atoms with Gasteiger partial charge in [-0.05, 0) is 50.3 Å². The van der Waals surface area contributed by atoms with E-state index in [0.29, 0.717) is 58.3 Å². The van der Waals surface area contributed by atoms with E-state index in [1.54, 1.807) is 13.0 Å². The van der Waals surface area contributed by atoms with Crippen molar-refractivity contribution in [1.29, 1.82) is 0 Å². The molecule has 4 aromatic rings. The average Bonchev–Trinajstić information content (AvgIpc) is 3.59. The van der Waals surface area contributed by atoms with Crippen LogP contribution in [0.2, 0.25) is 0 Å². The summed E-state index contributed by atoms with van der Waals surface area (Å²) in [5, 5.41) is 20.3. The lowest BCUT2D eigenvalue weighted by atomic mass is 10.0. The molecular formula is C28H31N3O8S. The minimum absolute atomic E-state index is 0.0232. The van der Waals surface area contributed by atoms with Crippen LogP contribution >= 0.6 is 11.3 Å². The molecule has 1 saturated heterocycles. The van der Waals surface area contributed by atoms with Crippen molar-refractivity contribution in [1.82, 2.24) is 14.1 Å². The Kier molecular flexibility index (Phi) is 7.78. The molecule has 40 heavy (non-hydrogen) atoms. The molecule has 1 atom stereocenters. The number of hydrogen-bond acceptors (Lipinski definition) is 9. The SMILES string of the molecule is Cc1c(-c2ncco2)sc2c1c(=O)n(C(C)(C)C(=O)O)c(=O)n2C[C@H](OC1CCOCC1)c1ccccc1CO. The van der Waals surface area contributed by atoms with Gasteiger partial charge in [-0.2, -0.15) is 0 Å². The van der Waals surface area contributed by atoms with E-state index in [1.165, 1.54) is 42.2 Å². The van der Waals surface area contributed by atoms with Gasteiger partial charge in [-0.1, -0.05) is 24.3 Å². The van der Waals surface area contributed by atoms with Crippen LogP contribution in [0, 0.1) is 6.92 Å². The fraction of sp³-hybridized carbons (Fsp3) is 0.429. The molecule has 1 aliphatic heterocycles. The van der Waals surface area contributed by atoms with E-state index in [0.717, 1.165) is 4.57 Å². The van der Waals surface area contributed by atoms with Crippen LogP contribution in [0.5, 0.6) is 0 Å². The second kappa shape index (κ2) is 11.1. The van der Waals surface area contributed by atoms with Crippen molar-refractivity contribution < 1.29 is 28.9 Å². The first-order chi connectivity index (χ1) is 19.1. The predicted octanol–water partition coefficient (Wildman–Crippen LogP) is 3.44. The molecule has 11 nitrogen and oxygen atoms in total. The minimum atomic E-state index is -1.83. The smallest absolute Gasteiger partial charge is 0.333 e. The van der Waals surface area contributed by atoms with Crippen molar-refractivity contribution in [2.75, 3.05) is 13.2 Å². The topological polar surface area (TPSA) is 146 Å². The third-order valence-corrected chi connectivity index (χ3v) is 8.67. The summed E-state index contributed by atoms with van der Waals surface area (Å²) >= 11 is 1.18. The van der Waals surface area contributed by atoms with Crippen LogP contribution in [0.3, 0.4) is 0 Å². The molecule has 0 aliphatic carbocycles. The van der Waals surface area contributed by atoms with Crippen molar-refractivity contribution in [2.45, 2.75) is 64.5 Å². The number of aliphatic hydroxyl groups is 1. The number of fused-ring (bicyclic) bond motifs is 1. The Labute approximate surface area is 233 Å². The van der Waals surface area contributed by atoms with E-state index in [2.05, 4.69) is 4.98 Å². The molecule has 1 aromatic carbocycles. The fourth-order valence-electron chi connectivity index (χ4n) is 5.05. The van der Waals surface area contributed by atoms with Crippen LogP contribution in [-0.4, -0.2) is 49.6 Å². The first-order valence-corrected chi connectivity index (χ1v) is 13.8. The highest BCUT2D eigenvalue weighted by Gasteiger charge is 2.36. The lowest BCUT2D eigenvalue weighted by Crippen LogP contribution is -2.52. The van der Waals surface area contributed by atoms with E-state index in [1.807, 2.05) is 18.2 Å². The lowest BCUT2D eigenvalue weighted by molar-refractivity contribution is -0.146. The molecule has 2 N–H and O–H groups in total. The van der Waals surface area contributed by atoms with Gasteiger partial charge in [0.2, 0.25) is 5.89 Å². The number of carbonyl (C=O) groups is 1.